The first kappa shape index (κ1) is 17.8. The Hall–Kier alpha value is -1.56. The zero-order chi connectivity index (χ0) is 18.7. The van der Waals surface area contributed by atoms with Gasteiger partial charge in [-0.2, -0.15) is 13.2 Å². The minimum Gasteiger partial charge on any atom is -0.390 e. The van der Waals surface area contributed by atoms with E-state index in [0.29, 0.717) is 12.8 Å². The third kappa shape index (κ3) is 3.13. The molecule has 1 spiro atoms. The summed E-state index contributed by atoms with van der Waals surface area (Å²) in [7, 11) is 0. The summed E-state index contributed by atoms with van der Waals surface area (Å²) in [6, 6.07) is 5.54. The maximum atomic E-state index is 12.7. The zero-order valence-corrected chi connectivity index (χ0v) is 14.9. The number of nitrogens with zero attached hydrogens (tertiary/aromatic N) is 1. The number of benzene rings is 1. The van der Waals surface area contributed by atoms with Crippen molar-refractivity contribution in [1.29, 1.82) is 0 Å². The molecule has 1 aromatic rings. The predicted molar refractivity (Wildman–Crippen MR) is 90.4 cm³/mol. The van der Waals surface area contributed by atoms with E-state index >= 15 is 0 Å². The second-order valence-electron chi connectivity index (χ2n) is 8.86. The molecule has 1 aromatic carbocycles. The van der Waals surface area contributed by atoms with Crippen molar-refractivity contribution in [2.45, 2.75) is 56.7 Å². The number of likely N-dealkylation sites (tertiary alicyclic amines) is 1. The summed E-state index contributed by atoms with van der Waals surface area (Å²) in [5, 5.41) is 9.80. The summed E-state index contributed by atoms with van der Waals surface area (Å²) in [6.45, 7) is 3.27. The van der Waals surface area contributed by atoms with Crippen molar-refractivity contribution in [3.8, 4) is 0 Å². The smallest absolute Gasteiger partial charge is 0.390 e. The van der Waals surface area contributed by atoms with E-state index in [1.54, 1.807) is 19.1 Å². The molecule has 1 amide bonds. The Morgan fingerprint density at radius 3 is 2.31 bits per heavy atom. The fourth-order valence-electron chi connectivity index (χ4n) is 5.08. The van der Waals surface area contributed by atoms with Crippen LogP contribution in [0, 0.1) is 11.3 Å². The van der Waals surface area contributed by atoms with E-state index in [1.807, 2.05) is 4.90 Å². The molecule has 0 unspecified atom stereocenters. The topological polar surface area (TPSA) is 40.5 Å². The van der Waals surface area contributed by atoms with Crippen LogP contribution in [0.25, 0.3) is 0 Å². The van der Waals surface area contributed by atoms with E-state index in [0.717, 1.165) is 37.9 Å². The molecule has 3 nitrogen and oxygen atoms in total. The molecule has 1 N–H and O–H groups in total. The first-order valence-corrected chi connectivity index (χ1v) is 9.25. The second-order valence-corrected chi connectivity index (χ2v) is 8.86. The first-order valence-electron chi connectivity index (χ1n) is 9.25. The predicted octanol–water partition coefficient (Wildman–Crippen LogP) is 3.96. The number of hydrogen-bond acceptors (Lipinski definition) is 2. The molecule has 2 saturated carbocycles. The van der Waals surface area contributed by atoms with Crippen LogP contribution in [-0.4, -0.2) is 34.6 Å². The number of rotatable bonds is 2. The zero-order valence-electron chi connectivity index (χ0n) is 14.9. The molecule has 1 aliphatic heterocycles. The lowest BCUT2D eigenvalue weighted by Gasteiger charge is -2.52. The molecule has 142 valence electrons. The highest BCUT2D eigenvalue weighted by atomic mass is 19.4. The Labute approximate surface area is 151 Å². The first-order chi connectivity index (χ1) is 12.1. The number of hydrogen-bond donors (Lipinski definition) is 1. The molecule has 4 rings (SSSR count). The van der Waals surface area contributed by atoms with Gasteiger partial charge in [0, 0.05) is 24.4 Å². The van der Waals surface area contributed by atoms with E-state index in [9.17, 15) is 23.1 Å². The lowest BCUT2D eigenvalue weighted by Crippen LogP contribution is -2.61. The van der Waals surface area contributed by atoms with E-state index in [2.05, 4.69) is 0 Å². The van der Waals surface area contributed by atoms with Gasteiger partial charge in [-0.15, -0.1) is 0 Å². The molecular formula is C20H24F3NO2. The van der Waals surface area contributed by atoms with Crippen molar-refractivity contribution >= 4 is 5.91 Å². The van der Waals surface area contributed by atoms with Crippen molar-refractivity contribution in [3.63, 3.8) is 0 Å². The molecule has 6 heteroatoms. The molecule has 3 fully saturated rings. The minimum atomic E-state index is -4.30. The van der Waals surface area contributed by atoms with Gasteiger partial charge >= 0.3 is 6.18 Å². The van der Waals surface area contributed by atoms with Crippen LogP contribution in [0.4, 0.5) is 13.2 Å². The van der Waals surface area contributed by atoms with Gasteiger partial charge in [-0.1, -0.05) is 12.1 Å². The maximum Gasteiger partial charge on any atom is 0.416 e. The molecule has 1 atom stereocenters. The van der Waals surface area contributed by atoms with Gasteiger partial charge in [-0.05, 0) is 62.6 Å². The van der Waals surface area contributed by atoms with Crippen molar-refractivity contribution in [3.05, 3.63) is 35.4 Å². The van der Waals surface area contributed by atoms with Crippen LogP contribution in [0.1, 0.15) is 56.1 Å². The summed E-state index contributed by atoms with van der Waals surface area (Å²) < 4.78 is 38.1. The van der Waals surface area contributed by atoms with Gasteiger partial charge in [0.1, 0.15) is 0 Å². The number of halogens is 3. The lowest BCUT2D eigenvalue weighted by atomic mass is 9.69. The Morgan fingerprint density at radius 2 is 1.77 bits per heavy atom. The average molecular weight is 367 g/mol. The third-order valence-corrected chi connectivity index (χ3v) is 6.50. The monoisotopic (exact) mass is 367 g/mol. The summed E-state index contributed by atoms with van der Waals surface area (Å²) >= 11 is 0. The fraction of sp³-hybridized carbons (Fsp3) is 0.650. The number of alkyl halides is 3. The number of carbonyl (C=O) groups is 1. The highest BCUT2D eigenvalue weighted by molar-refractivity contribution is 5.81. The summed E-state index contributed by atoms with van der Waals surface area (Å²) in [5.74, 6) is 0.383. The Morgan fingerprint density at radius 1 is 1.15 bits per heavy atom. The van der Waals surface area contributed by atoms with E-state index in [1.165, 1.54) is 12.1 Å². The van der Waals surface area contributed by atoms with Gasteiger partial charge in [-0.3, -0.25) is 4.79 Å². The molecule has 0 bridgehead atoms. The van der Waals surface area contributed by atoms with Crippen LogP contribution in [0.15, 0.2) is 24.3 Å². The SMILES string of the molecule is C[C@]1(O)C[C@@H](C(=O)N2CC3(CC[C@@H](c4ccc(C(F)(F)F)cc4)C3)C2)C1. The standard InChI is InChI=1S/C20H24F3NO2/c1-18(26)8-15(9-18)17(25)24-11-19(12-24)7-6-14(10-19)13-2-4-16(5-3-13)20(21,22)23/h2-5,14-15,26H,6-12H2,1H3/t14-,15-,18+/m1/s1. The van der Waals surface area contributed by atoms with E-state index in [4.69, 9.17) is 0 Å². The molecule has 3 aliphatic rings. The quantitative estimate of drug-likeness (QED) is 0.860. The maximum absolute atomic E-state index is 12.7. The van der Waals surface area contributed by atoms with Crippen molar-refractivity contribution in [2.75, 3.05) is 13.1 Å². The van der Waals surface area contributed by atoms with Crippen LogP contribution in [0.3, 0.4) is 0 Å². The van der Waals surface area contributed by atoms with Gasteiger partial charge < -0.3 is 10.0 Å². The minimum absolute atomic E-state index is 0.0468. The van der Waals surface area contributed by atoms with Crippen molar-refractivity contribution in [1.82, 2.24) is 4.90 Å². The Bertz CT molecular complexity index is 697. The van der Waals surface area contributed by atoms with E-state index in [-0.39, 0.29) is 23.2 Å². The lowest BCUT2D eigenvalue weighted by molar-refractivity contribution is -0.161. The summed E-state index contributed by atoms with van der Waals surface area (Å²) in [6.07, 6.45) is -0.287. The van der Waals surface area contributed by atoms with Gasteiger partial charge in [0.2, 0.25) is 5.91 Å². The summed E-state index contributed by atoms with van der Waals surface area (Å²) in [4.78, 5) is 14.3. The van der Waals surface area contributed by atoms with E-state index < -0.39 is 17.3 Å². The van der Waals surface area contributed by atoms with Gasteiger partial charge in [0.25, 0.3) is 0 Å². The number of aliphatic hydroxyl groups is 1. The molecular weight excluding hydrogens is 343 g/mol. The normalized spacial score (nSPS) is 33.0. The second kappa shape index (κ2) is 5.72. The highest BCUT2D eigenvalue weighted by Gasteiger charge is 2.53. The molecule has 1 heterocycles. The Kier molecular flexibility index (Phi) is 3.92. The van der Waals surface area contributed by atoms with Crippen LogP contribution >= 0.6 is 0 Å². The Balaban J connectivity index is 1.33. The molecule has 26 heavy (non-hydrogen) atoms. The van der Waals surface area contributed by atoms with Gasteiger partial charge in [-0.25, -0.2) is 0 Å². The molecule has 0 radical (unpaired) electrons. The highest BCUT2D eigenvalue weighted by Crippen LogP contribution is 2.53. The number of carbonyl (C=O) groups excluding carboxylic acids is 1. The van der Waals surface area contributed by atoms with Crippen LogP contribution in [0.2, 0.25) is 0 Å². The van der Waals surface area contributed by atoms with Gasteiger partial charge in [0.15, 0.2) is 0 Å². The van der Waals surface area contributed by atoms with Crippen LogP contribution in [0.5, 0.6) is 0 Å². The molecule has 2 aliphatic carbocycles. The molecule has 0 aromatic heterocycles. The largest absolute Gasteiger partial charge is 0.416 e. The third-order valence-electron chi connectivity index (χ3n) is 6.50. The fourth-order valence-corrected chi connectivity index (χ4v) is 5.08. The average Bonchev–Trinajstić information content (AvgIpc) is 2.95. The van der Waals surface area contributed by atoms with Gasteiger partial charge in [0.05, 0.1) is 11.2 Å². The van der Waals surface area contributed by atoms with Crippen LogP contribution < -0.4 is 0 Å². The van der Waals surface area contributed by atoms with Crippen molar-refractivity contribution < 1.29 is 23.1 Å². The van der Waals surface area contributed by atoms with Crippen molar-refractivity contribution in [2.24, 2.45) is 11.3 Å². The van der Waals surface area contributed by atoms with Crippen LogP contribution in [-0.2, 0) is 11.0 Å². The number of amides is 1. The molecule has 1 saturated heterocycles. The summed E-state index contributed by atoms with van der Waals surface area (Å²) in [5.41, 5.74) is -0.195.